The van der Waals surface area contributed by atoms with Crippen LogP contribution in [0.25, 0.3) is 0 Å². The summed E-state index contributed by atoms with van der Waals surface area (Å²) in [6.07, 6.45) is 5.82. The summed E-state index contributed by atoms with van der Waals surface area (Å²) < 4.78 is 0. The molecule has 0 aromatic heterocycles. The Bertz CT molecular complexity index is 506. The van der Waals surface area contributed by atoms with Crippen LogP contribution in [-0.2, 0) is 12.8 Å². The van der Waals surface area contributed by atoms with Crippen molar-refractivity contribution in [3.8, 4) is 6.07 Å². The number of benzene rings is 1. The standard InChI is InChI=1S/C16H20N2/c1-18(2)15(16(11-17)8-9-16)14-7-6-12-4-3-5-13(12)10-14/h6-7,10,15H,3-5,8-9H2,1-2H3. The minimum absolute atomic E-state index is 0.129. The van der Waals surface area contributed by atoms with Crippen molar-refractivity contribution in [2.45, 2.75) is 38.1 Å². The number of rotatable bonds is 3. The van der Waals surface area contributed by atoms with Crippen LogP contribution in [-0.4, -0.2) is 19.0 Å². The van der Waals surface area contributed by atoms with E-state index in [1.54, 1.807) is 0 Å². The number of fused-ring (bicyclic) bond motifs is 1. The number of aryl methyl sites for hydroxylation is 2. The maximum atomic E-state index is 9.45. The molecule has 0 aliphatic heterocycles. The predicted molar refractivity (Wildman–Crippen MR) is 72.2 cm³/mol. The van der Waals surface area contributed by atoms with Gasteiger partial charge < -0.3 is 4.90 Å². The van der Waals surface area contributed by atoms with E-state index in [2.05, 4.69) is 43.3 Å². The van der Waals surface area contributed by atoms with Gasteiger partial charge in [-0.25, -0.2) is 0 Å². The second-order valence-corrected chi connectivity index (χ2v) is 6.02. The largest absolute Gasteiger partial charge is 0.301 e. The molecule has 0 spiro atoms. The van der Waals surface area contributed by atoms with Gasteiger partial charge in [0.2, 0.25) is 0 Å². The van der Waals surface area contributed by atoms with Crippen LogP contribution in [0.15, 0.2) is 18.2 Å². The summed E-state index contributed by atoms with van der Waals surface area (Å²) in [5.41, 5.74) is 4.22. The Balaban J connectivity index is 1.99. The molecule has 2 heteroatoms. The molecule has 0 heterocycles. The van der Waals surface area contributed by atoms with Gasteiger partial charge in [-0.2, -0.15) is 5.26 Å². The lowest BCUT2D eigenvalue weighted by molar-refractivity contribution is 0.232. The highest BCUT2D eigenvalue weighted by Gasteiger charge is 2.51. The molecule has 0 saturated heterocycles. The van der Waals surface area contributed by atoms with E-state index in [4.69, 9.17) is 0 Å². The van der Waals surface area contributed by atoms with Crippen molar-refractivity contribution in [1.29, 1.82) is 5.26 Å². The Morgan fingerprint density at radius 2 is 1.94 bits per heavy atom. The Hall–Kier alpha value is -1.33. The first-order valence-corrected chi connectivity index (χ1v) is 6.86. The topological polar surface area (TPSA) is 27.0 Å². The van der Waals surface area contributed by atoms with E-state index < -0.39 is 0 Å². The highest BCUT2D eigenvalue weighted by Crippen LogP contribution is 2.56. The second kappa shape index (κ2) is 4.10. The van der Waals surface area contributed by atoms with Crippen molar-refractivity contribution in [1.82, 2.24) is 4.90 Å². The third kappa shape index (κ3) is 1.74. The maximum absolute atomic E-state index is 9.45. The van der Waals surface area contributed by atoms with E-state index in [1.165, 1.54) is 36.0 Å². The van der Waals surface area contributed by atoms with Gasteiger partial charge in [0, 0.05) is 0 Å². The molecule has 18 heavy (non-hydrogen) atoms. The first-order chi connectivity index (χ1) is 8.66. The molecule has 0 N–H and O–H groups in total. The van der Waals surface area contributed by atoms with Gasteiger partial charge in [0.15, 0.2) is 0 Å². The van der Waals surface area contributed by atoms with Crippen LogP contribution in [0.1, 0.15) is 42.0 Å². The lowest BCUT2D eigenvalue weighted by atomic mass is 9.89. The normalized spacial score (nSPS) is 21.4. The van der Waals surface area contributed by atoms with Gasteiger partial charge in [-0.15, -0.1) is 0 Å². The second-order valence-electron chi connectivity index (χ2n) is 6.02. The van der Waals surface area contributed by atoms with E-state index in [9.17, 15) is 5.26 Å². The molecule has 1 aromatic carbocycles. The van der Waals surface area contributed by atoms with Crippen LogP contribution in [0.3, 0.4) is 0 Å². The van der Waals surface area contributed by atoms with E-state index in [-0.39, 0.29) is 11.5 Å². The van der Waals surface area contributed by atoms with Gasteiger partial charge in [0.25, 0.3) is 0 Å². The lowest BCUT2D eigenvalue weighted by Crippen LogP contribution is -2.28. The zero-order valence-corrected chi connectivity index (χ0v) is 11.2. The molecule has 94 valence electrons. The highest BCUT2D eigenvalue weighted by atomic mass is 15.1. The van der Waals surface area contributed by atoms with E-state index >= 15 is 0 Å². The van der Waals surface area contributed by atoms with Crippen LogP contribution in [0.5, 0.6) is 0 Å². The number of nitrogens with zero attached hydrogens (tertiary/aromatic N) is 2. The summed E-state index contributed by atoms with van der Waals surface area (Å²) in [7, 11) is 4.19. The van der Waals surface area contributed by atoms with Crippen LogP contribution in [0.4, 0.5) is 0 Å². The Morgan fingerprint density at radius 3 is 2.56 bits per heavy atom. The van der Waals surface area contributed by atoms with Gasteiger partial charge in [0.05, 0.1) is 17.5 Å². The zero-order valence-electron chi connectivity index (χ0n) is 11.2. The SMILES string of the molecule is CN(C)C(c1ccc2c(c1)CCC2)C1(C#N)CC1. The molecule has 2 aliphatic rings. The van der Waals surface area contributed by atoms with Crippen LogP contribution in [0.2, 0.25) is 0 Å². The molecule has 1 fully saturated rings. The first kappa shape index (κ1) is 11.7. The average molecular weight is 240 g/mol. The average Bonchev–Trinajstić information content (AvgIpc) is 2.99. The van der Waals surface area contributed by atoms with Gasteiger partial charge >= 0.3 is 0 Å². The summed E-state index contributed by atoms with van der Waals surface area (Å²) in [4.78, 5) is 2.22. The molecule has 1 saturated carbocycles. The fraction of sp³-hybridized carbons (Fsp3) is 0.562. The molecule has 1 unspecified atom stereocenters. The molecule has 1 atom stereocenters. The third-order valence-corrected chi connectivity index (χ3v) is 4.49. The van der Waals surface area contributed by atoms with E-state index in [1.807, 2.05) is 0 Å². The molecule has 2 nitrogen and oxygen atoms in total. The monoisotopic (exact) mass is 240 g/mol. The Labute approximate surface area is 109 Å². The quantitative estimate of drug-likeness (QED) is 0.812. The highest BCUT2D eigenvalue weighted by molar-refractivity contribution is 5.39. The molecule has 2 aliphatic carbocycles. The summed E-state index contributed by atoms with van der Waals surface area (Å²) in [6, 6.07) is 9.69. The molecule has 0 radical (unpaired) electrons. The van der Waals surface area contributed by atoms with Crippen molar-refractivity contribution in [3.05, 3.63) is 34.9 Å². The number of hydrogen-bond donors (Lipinski definition) is 0. The minimum Gasteiger partial charge on any atom is -0.301 e. The fourth-order valence-electron chi connectivity index (χ4n) is 3.45. The molecule has 0 amide bonds. The van der Waals surface area contributed by atoms with Crippen molar-refractivity contribution in [2.24, 2.45) is 5.41 Å². The van der Waals surface area contributed by atoms with Gasteiger partial charge in [-0.3, -0.25) is 0 Å². The summed E-state index contributed by atoms with van der Waals surface area (Å²) in [6.45, 7) is 0. The van der Waals surface area contributed by atoms with Gasteiger partial charge in [0.1, 0.15) is 0 Å². The first-order valence-electron chi connectivity index (χ1n) is 6.86. The lowest BCUT2D eigenvalue weighted by Gasteiger charge is -2.29. The van der Waals surface area contributed by atoms with Gasteiger partial charge in [-0.05, 0) is 62.9 Å². The predicted octanol–water partition coefficient (Wildman–Crippen LogP) is 3.08. The molecule has 3 rings (SSSR count). The molecule has 0 bridgehead atoms. The zero-order chi connectivity index (χ0) is 12.8. The fourth-order valence-corrected chi connectivity index (χ4v) is 3.45. The van der Waals surface area contributed by atoms with Crippen LogP contribution in [0, 0.1) is 16.7 Å². The van der Waals surface area contributed by atoms with Crippen LogP contribution >= 0.6 is 0 Å². The van der Waals surface area contributed by atoms with Crippen LogP contribution < -0.4 is 0 Å². The Morgan fingerprint density at radius 1 is 1.22 bits per heavy atom. The van der Waals surface area contributed by atoms with Gasteiger partial charge in [-0.1, -0.05) is 18.2 Å². The third-order valence-electron chi connectivity index (χ3n) is 4.49. The van der Waals surface area contributed by atoms with Crippen molar-refractivity contribution in [3.63, 3.8) is 0 Å². The number of hydrogen-bond acceptors (Lipinski definition) is 2. The summed E-state index contributed by atoms with van der Waals surface area (Å²) in [5.74, 6) is 0. The van der Waals surface area contributed by atoms with Crippen molar-refractivity contribution < 1.29 is 0 Å². The smallest absolute Gasteiger partial charge is 0.0771 e. The summed E-state index contributed by atoms with van der Waals surface area (Å²) >= 11 is 0. The number of nitriles is 1. The van der Waals surface area contributed by atoms with E-state index in [0.29, 0.717) is 0 Å². The van der Waals surface area contributed by atoms with Crippen molar-refractivity contribution >= 4 is 0 Å². The van der Waals surface area contributed by atoms with E-state index in [0.717, 1.165) is 12.8 Å². The minimum atomic E-state index is -0.129. The van der Waals surface area contributed by atoms with Crippen molar-refractivity contribution in [2.75, 3.05) is 14.1 Å². The molecular formula is C16H20N2. The summed E-state index contributed by atoms with van der Waals surface area (Å²) in [5, 5.41) is 9.45. The maximum Gasteiger partial charge on any atom is 0.0771 e. The molecular weight excluding hydrogens is 220 g/mol. The molecule has 1 aromatic rings. The Kier molecular flexibility index (Phi) is 2.68.